The van der Waals surface area contributed by atoms with Crippen LogP contribution in [0.2, 0.25) is 0 Å². The third kappa shape index (κ3) is 4.69. The normalized spacial score (nSPS) is 10.0. The molecule has 120 valence electrons. The van der Waals surface area contributed by atoms with Gasteiger partial charge in [0.1, 0.15) is 6.61 Å². The van der Waals surface area contributed by atoms with Gasteiger partial charge in [-0.3, -0.25) is 0 Å². The Morgan fingerprint density at radius 2 is 1.87 bits per heavy atom. The van der Waals surface area contributed by atoms with Gasteiger partial charge in [0.2, 0.25) is 0 Å². The average Bonchev–Trinajstić information content (AvgIpc) is 2.53. The highest BCUT2D eigenvalue weighted by Gasteiger charge is 2.07. The number of nitrogens with one attached hydrogen (secondary N) is 1. The molecule has 0 radical (unpaired) electrons. The fourth-order valence-corrected chi connectivity index (χ4v) is 2.38. The largest absolute Gasteiger partial charge is 0.490 e. The van der Waals surface area contributed by atoms with E-state index >= 15 is 0 Å². The van der Waals surface area contributed by atoms with Crippen LogP contribution in [-0.4, -0.2) is 13.2 Å². The van der Waals surface area contributed by atoms with E-state index in [1.165, 1.54) is 11.1 Å². The smallest absolute Gasteiger partial charge is 0.162 e. The average molecular weight is 309 g/mol. The Kier molecular flexibility index (Phi) is 5.94. The Morgan fingerprint density at radius 1 is 1.04 bits per heavy atom. The maximum absolute atomic E-state index is 5.64. The van der Waals surface area contributed by atoms with E-state index in [1.54, 1.807) is 0 Å². The van der Waals surface area contributed by atoms with Gasteiger partial charge in [0, 0.05) is 12.2 Å². The number of hydrogen-bond acceptors (Lipinski definition) is 3. The predicted octanol–water partition coefficient (Wildman–Crippen LogP) is 4.33. The summed E-state index contributed by atoms with van der Waals surface area (Å²) < 4.78 is 11.2. The second-order valence-electron chi connectivity index (χ2n) is 5.38. The van der Waals surface area contributed by atoms with Gasteiger partial charge >= 0.3 is 0 Å². The molecular formula is C20H23NO2. The Hall–Kier alpha value is -2.60. The van der Waals surface area contributed by atoms with Gasteiger partial charge in [-0.05, 0) is 50.1 Å². The van der Waals surface area contributed by atoms with Crippen molar-refractivity contribution in [2.75, 3.05) is 18.5 Å². The Morgan fingerprint density at radius 3 is 2.57 bits per heavy atom. The maximum atomic E-state index is 5.64. The zero-order chi connectivity index (χ0) is 16.7. The molecule has 0 saturated carbocycles. The van der Waals surface area contributed by atoms with Crippen molar-refractivity contribution < 1.29 is 9.47 Å². The van der Waals surface area contributed by atoms with E-state index in [-0.39, 0.29) is 6.61 Å². The summed E-state index contributed by atoms with van der Waals surface area (Å²) in [4.78, 5) is 0. The molecule has 0 saturated heterocycles. The summed E-state index contributed by atoms with van der Waals surface area (Å²) in [6.07, 6.45) is 5.24. The minimum Gasteiger partial charge on any atom is -0.490 e. The van der Waals surface area contributed by atoms with Gasteiger partial charge in [0.15, 0.2) is 11.5 Å². The molecule has 0 amide bonds. The first-order valence-corrected chi connectivity index (χ1v) is 7.77. The molecule has 0 aromatic heterocycles. The molecule has 2 aromatic rings. The van der Waals surface area contributed by atoms with Crippen LogP contribution in [0.3, 0.4) is 0 Å². The van der Waals surface area contributed by atoms with E-state index < -0.39 is 0 Å². The lowest BCUT2D eigenvalue weighted by Gasteiger charge is -2.14. The van der Waals surface area contributed by atoms with E-state index in [1.807, 2.05) is 25.1 Å². The highest BCUT2D eigenvalue weighted by Crippen LogP contribution is 2.29. The number of ether oxygens (including phenoxy) is 2. The van der Waals surface area contributed by atoms with Crippen LogP contribution in [-0.2, 0) is 6.54 Å². The number of benzene rings is 2. The van der Waals surface area contributed by atoms with Gasteiger partial charge in [-0.15, -0.1) is 6.42 Å². The minimum absolute atomic E-state index is 0.236. The van der Waals surface area contributed by atoms with E-state index in [2.05, 4.69) is 43.3 Å². The van der Waals surface area contributed by atoms with Crippen LogP contribution >= 0.6 is 0 Å². The van der Waals surface area contributed by atoms with Gasteiger partial charge in [-0.1, -0.05) is 29.7 Å². The van der Waals surface area contributed by atoms with Crippen molar-refractivity contribution in [1.82, 2.24) is 0 Å². The zero-order valence-electron chi connectivity index (χ0n) is 14.0. The van der Waals surface area contributed by atoms with Crippen LogP contribution in [0.1, 0.15) is 23.6 Å². The number of terminal acetylenes is 1. The second-order valence-corrected chi connectivity index (χ2v) is 5.38. The third-order valence-electron chi connectivity index (χ3n) is 3.48. The van der Waals surface area contributed by atoms with E-state index in [0.717, 1.165) is 23.5 Å². The fourth-order valence-electron chi connectivity index (χ4n) is 2.38. The zero-order valence-corrected chi connectivity index (χ0v) is 14.0. The minimum atomic E-state index is 0.236. The highest BCUT2D eigenvalue weighted by atomic mass is 16.5. The molecule has 1 N–H and O–H groups in total. The molecule has 0 fully saturated rings. The third-order valence-corrected chi connectivity index (χ3v) is 3.48. The van der Waals surface area contributed by atoms with Crippen LogP contribution in [0.15, 0.2) is 36.4 Å². The first kappa shape index (κ1) is 16.8. The SMILES string of the molecule is C#CCOc1ccc(CNc2ccc(C)cc2C)cc1OCC. The summed E-state index contributed by atoms with van der Waals surface area (Å²) in [5.74, 6) is 3.87. The Labute approximate surface area is 138 Å². The van der Waals surface area contributed by atoms with Crippen LogP contribution in [0.5, 0.6) is 11.5 Å². The topological polar surface area (TPSA) is 30.5 Å². The van der Waals surface area contributed by atoms with Crippen LogP contribution in [0, 0.1) is 26.2 Å². The summed E-state index contributed by atoms with van der Waals surface area (Å²) in [6.45, 7) is 7.70. The summed E-state index contributed by atoms with van der Waals surface area (Å²) in [5.41, 5.74) is 4.77. The molecule has 3 nitrogen and oxygen atoms in total. The van der Waals surface area contributed by atoms with Crippen molar-refractivity contribution >= 4 is 5.69 Å². The molecule has 2 rings (SSSR count). The molecule has 0 aliphatic rings. The first-order valence-electron chi connectivity index (χ1n) is 7.77. The van der Waals surface area contributed by atoms with Crippen LogP contribution < -0.4 is 14.8 Å². The van der Waals surface area contributed by atoms with Crippen LogP contribution in [0.4, 0.5) is 5.69 Å². The van der Waals surface area contributed by atoms with Crippen molar-refractivity contribution in [3.63, 3.8) is 0 Å². The molecule has 0 aliphatic heterocycles. The molecule has 2 aromatic carbocycles. The Balaban J connectivity index is 2.10. The lowest BCUT2D eigenvalue weighted by Crippen LogP contribution is -2.03. The molecule has 0 bridgehead atoms. The highest BCUT2D eigenvalue weighted by molar-refractivity contribution is 5.53. The van der Waals surface area contributed by atoms with Crippen molar-refractivity contribution in [3.8, 4) is 23.8 Å². The molecule has 3 heteroatoms. The van der Waals surface area contributed by atoms with E-state index in [4.69, 9.17) is 15.9 Å². The number of hydrogen-bond donors (Lipinski definition) is 1. The van der Waals surface area contributed by atoms with Crippen molar-refractivity contribution in [3.05, 3.63) is 53.1 Å². The molecule has 0 spiro atoms. The number of aryl methyl sites for hydroxylation is 2. The molecule has 0 heterocycles. The van der Waals surface area contributed by atoms with Crippen molar-refractivity contribution in [1.29, 1.82) is 0 Å². The summed E-state index contributed by atoms with van der Waals surface area (Å²) >= 11 is 0. The molecule has 0 atom stereocenters. The lowest BCUT2D eigenvalue weighted by molar-refractivity contribution is 0.299. The lowest BCUT2D eigenvalue weighted by atomic mass is 10.1. The monoisotopic (exact) mass is 309 g/mol. The fraction of sp³-hybridized carbons (Fsp3) is 0.300. The van der Waals surface area contributed by atoms with Gasteiger partial charge in [0.05, 0.1) is 6.61 Å². The standard InChI is InChI=1S/C20H23NO2/c1-5-11-23-19-10-8-17(13-20(19)22-6-2)14-21-18-9-7-15(3)12-16(18)4/h1,7-10,12-13,21H,6,11,14H2,2-4H3. The summed E-state index contributed by atoms with van der Waals surface area (Å²) in [5, 5.41) is 3.46. The number of rotatable bonds is 7. The maximum Gasteiger partial charge on any atom is 0.162 e. The number of anilines is 1. The van der Waals surface area contributed by atoms with E-state index in [0.29, 0.717) is 12.4 Å². The second kappa shape index (κ2) is 8.14. The molecule has 0 unspecified atom stereocenters. The quantitative estimate of drug-likeness (QED) is 0.772. The first-order chi connectivity index (χ1) is 11.1. The predicted molar refractivity (Wildman–Crippen MR) is 95.2 cm³/mol. The molecule has 23 heavy (non-hydrogen) atoms. The summed E-state index contributed by atoms with van der Waals surface area (Å²) in [7, 11) is 0. The van der Waals surface area contributed by atoms with Gasteiger partial charge < -0.3 is 14.8 Å². The van der Waals surface area contributed by atoms with Gasteiger partial charge in [-0.25, -0.2) is 0 Å². The summed E-state index contributed by atoms with van der Waals surface area (Å²) in [6, 6.07) is 12.3. The molecular weight excluding hydrogens is 286 g/mol. The van der Waals surface area contributed by atoms with Gasteiger partial charge in [0.25, 0.3) is 0 Å². The van der Waals surface area contributed by atoms with E-state index in [9.17, 15) is 0 Å². The Bertz CT molecular complexity index is 701. The van der Waals surface area contributed by atoms with Crippen LogP contribution in [0.25, 0.3) is 0 Å². The van der Waals surface area contributed by atoms with Crippen molar-refractivity contribution in [2.24, 2.45) is 0 Å². The van der Waals surface area contributed by atoms with Crippen molar-refractivity contribution in [2.45, 2.75) is 27.3 Å². The molecule has 0 aliphatic carbocycles. The van der Waals surface area contributed by atoms with Gasteiger partial charge in [-0.2, -0.15) is 0 Å².